The van der Waals surface area contributed by atoms with Gasteiger partial charge in [0.15, 0.2) is 4.96 Å². The van der Waals surface area contributed by atoms with Crippen LogP contribution in [0.4, 0.5) is 0 Å². The van der Waals surface area contributed by atoms with Gasteiger partial charge in [0.05, 0.1) is 17.4 Å². The fraction of sp³-hybridized carbons (Fsp3) is 0.189. The van der Waals surface area contributed by atoms with Crippen LogP contribution in [-0.4, -0.2) is 23.7 Å². The minimum absolute atomic E-state index is 0.357. The zero-order valence-corrected chi connectivity index (χ0v) is 26.4. The number of hydrogen-bond donors (Lipinski definition) is 0. The number of benzene rings is 4. The molecule has 0 aliphatic heterocycles. The Morgan fingerprint density at radius 3 is 2.18 bits per heavy atom. The number of hydrogen-bond acceptors (Lipinski definition) is 4. The van der Waals surface area contributed by atoms with Crippen LogP contribution in [0.1, 0.15) is 50.7 Å². The first-order chi connectivity index (χ1) is 21.4. The van der Waals surface area contributed by atoms with E-state index >= 15 is 0 Å². The summed E-state index contributed by atoms with van der Waals surface area (Å²) in [5.74, 6) is 1.47. The van der Waals surface area contributed by atoms with E-state index in [1.54, 1.807) is 11.3 Å². The van der Waals surface area contributed by atoms with Crippen LogP contribution in [0, 0.1) is 0 Å². The smallest absolute Gasteiger partial charge is 0.239 e. The van der Waals surface area contributed by atoms with Crippen molar-refractivity contribution >= 4 is 54.5 Å². The summed E-state index contributed by atoms with van der Waals surface area (Å²) in [6, 6.07) is 33.6. The second-order valence-electron chi connectivity index (χ2n) is 11.7. The number of imidazole rings is 2. The maximum absolute atomic E-state index is 6.41. The summed E-state index contributed by atoms with van der Waals surface area (Å²) in [7, 11) is 2.04. The molecule has 7 aromatic rings. The molecule has 7 heteroatoms. The van der Waals surface area contributed by atoms with Crippen LogP contribution in [0.2, 0.25) is 0 Å². The van der Waals surface area contributed by atoms with Crippen molar-refractivity contribution < 1.29 is 4.42 Å². The summed E-state index contributed by atoms with van der Waals surface area (Å²) in [5, 5.41) is 0.986. The van der Waals surface area contributed by atoms with Crippen molar-refractivity contribution in [1.82, 2.24) is 23.7 Å². The fourth-order valence-corrected chi connectivity index (χ4v) is 6.68. The SMILES string of the molecule is CC(C)c1cccc(C(C)C)c1-n1cc2nc1sc1cccc(c1)n(C)c1nc(cn1-c1ccccc1)oc1cccc2c1. The summed E-state index contributed by atoms with van der Waals surface area (Å²) in [6.45, 7) is 9.04. The van der Waals surface area contributed by atoms with Gasteiger partial charge < -0.3 is 8.98 Å². The molecule has 220 valence electrons. The molecule has 8 bridgehead atoms. The number of aromatic nitrogens is 5. The second kappa shape index (κ2) is 11.3. The Hall–Kier alpha value is -4.88. The van der Waals surface area contributed by atoms with E-state index < -0.39 is 0 Å². The lowest BCUT2D eigenvalue weighted by atomic mass is 9.92. The van der Waals surface area contributed by atoms with Gasteiger partial charge in [-0.05, 0) is 65.4 Å². The molecule has 0 aliphatic carbocycles. The molecular formula is C37H35N5OS. The molecule has 0 saturated carbocycles. The lowest BCUT2D eigenvalue weighted by molar-refractivity contribution is 0.643. The molecule has 6 nitrogen and oxygen atoms in total. The van der Waals surface area contributed by atoms with Crippen molar-refractivity contribution in [2.45, 2.75) is 39.5 Å². The van der Waals surface area contributed by atoms with Gasteiger partial charge in [-0.2, -0.15) is 4.98 Å². The highest BCUT2D eigenvalue weighted by atomic mass is 32.1. The average molecular weight is 598 g/mol. The first-order valence-corrected chi connectivity index (χ1v) is 15.8. The van der Waals surface area contributed by atoms with Crippen molar-refractivity contribution in [2.75, 3.05) is 0 Å². The zero-order chi connectivity index (χ0) is 30.4. The van der Waals surface area contributed by atoms with Gasteiger partial charge in [0.1, 0.15) is 5.58 Å². The normalized spacial score (nSPS) is 11.7. The average Bonchev–Trinajstić information content (AvgIpc) is 3.65. The lowest BCUT2D eigenvalue weighted by Crippen LogP contribution is -2.05. The largest absolute Gasteiger partial charge is 0.437 e. The molecule has 44 heavy (non-hydrogen) atoms. The third kappa shape index (κ3) is 5.13. The first-order valence-electron chi connectivity index (χ1n) is 15.0. The number of nitrogens with zero attached hydrogens (tertiary/aromatic N) is 5. The van der Waals surface area contributed by atoms with Crippen molar-refractivity contribution in [3.63, 3.8) is 0 Å². The van der Waals surface area contributed by atoms with Gasteiger partial charge in [-0.15, -0.1) is 0 Å². The molecule has 0 unspecified atom stereocenters. The van der Waals surface area contributed by atoms with E-state index in [9.17, 15) is 0 Å². The maximum atomic E-state index is 6.41. The van der Waals surface area contributed by atoms with Crippen LogP contribution in [0.5, 0.6) is 0 Å². The van der Waals surface area contributed by atoms with Crippen LogP contribution in [0.3, 0.4) is 0 Å². The fourth-order valence-electron chi connectivity index (χ4n) is 5.75. The van der Waals surface area contributed by atoms with Crippen LogP contribution in [0.25, 0.3) is 54.5 Å². The van der Waals surface area contributed by atoms with Crippen molar-refractivity contribution in [3.05, 3.63) is 121 Å². The highest BCUT2D eigenvalue weighted by molar-refractivity contribution is 7.22. The van der Waals surface area contributed by atoms with Gasteiger partial charge >= 0.3 is 0 Å². The van der Waals surface area contributed by atoms with E-state index in [1.165, 1.54) is 16.8 Å². The minimum Gasteiger partial charge on any atom is -0.437 e. The van der Waals surface area contributed by atoms with E-state index in [0.29, 0.717) is 23.1 Å². The Morgan fingerprint density at radius 1 is 0.705 bits per heavy atom. The van der Waals surface area contributed by atoms with Crippen molar-refractivity contribution in [3.8, 4) is 11.4 Å². The van der Waals surface area contributed by atoms with Gasteiger partial charge in [-0.3, -0.25) is 9.13 Å². The molecule has 0 atom stereocenters. The third-order valence-corrected chi connectivity index (χ3v) is 8.98. The molecule has 7 rings (SSSR count). The number of aryl methyl sites for hydroxylation is 1. The van der Waals surface area contributed by atoms with E-state index in [2.05, 4.69) is 108 Å². The molecule has 3 heterocycles. The molecule has 3 aromatic heterocycles. The number of fused-ring (bicyclic) bond motifs is 9. The van der Waals surface area contributed by atoms with Gasteiger partial charge in [-0.1, -0.05) is 93.6 Å². The summed E-state index contributed by atoms with van der Waals surface area (Å²) >= 11 is 1.68. The monoisotopic (exact) mass is 597 g/mol. The molecule has 0 fully saturated rings. The Bertz CT molecular complexity index is 2230. The van der Waals surface area contributed by atoms with Gasteiger partial charge in [0.2, 0.25) is 11.5 Å². The molecule has 0 amide bonds. The molecule has 0 saturated heterocycles. The molecule has 0 spiro atoms. The zero-order valence-electron chi connectivity index (χ0n) is 25.6. The lowest BCUT2D eigenvalue weighted by Gasteiger charge is -2.20. The van der Waals surface area contributed by atoms with Crippen LogP contribution >= 0.6 is 11.3 Å². The Kier molecular flexibility index (Phi) is 7.18. The Labute approximate surface area is 260 Å². The molecule has 4 aromatic carbocycles. The third-order valence-electron chi connectivity index (χ3n) is 8.02. The van der Waals surface area contributed by atoms with Crippen LogP contribution < -0.4 is 0 Å². The van der Waals surface area contributed by atoms with E-state index in [1.807, 2.05) is 49.6 Å². The summed E-state index contributed by atoms with van der Waals surface area (Å²) in [4.78, 5) is 11.1. The Balaban J connectivity index is 1.64. The van der Waals surface area contributed by atoms with E-state index in [0.717, 1.165) is 37.5 Å². The molecule has 0 aliphatic rings. The van der Waals surface area contributed by atoms with Crippen molar-refractivity contribution in [2.24, 2.45) is 7.05 Å². The quantitative estimate of drug-likeness (QED) is 0.203. The molecule has 0 N–H and O–H groups in total. The topological polar surface area (TPSA) is 53.7 Å². The van der Waals surface area contributed by atoms with Crippen molar-refractivity contribution in [1.29, 1.82) is 0 Å². The number of rotatable bonds is 4. The van der Waals surface area contributed by atoms with E-state index in [4.69, 9.17) is 14.4 Å². The van der Waals surface area contributed by atoms with E-state index in [-0.39, 0.29) is 0 Å². The predicted molar refractivity (Wildman–Crippen MR) is 183 cm³/mol. The predicted octanol–water partition coefficient (Wildman–Crippen LogP) is 10.2. The van der Waals surface area contributed by atoms with Gasteiger partial charge in [0.25, 0.3) is 0 Å². The summed E-state index contributed by atoms with van der Waals surface area (Å²) in [5.41, 5.74) is 7.99. The summed E-state index contributed by atoms with van der Waals surface area (Å²) < 4.78 is 14.0. The van der Waals surface area contributed by atoms with Gasteiger partial charge in [-0.25, -0.2) is 4.98 Å². The second-order valence-corrected chi connectivity index (χ2v) is 12.8. The molecule has 0 radical (unpaired) electrons. The highest BCUT2D eigenvalue weighted by Crippen LogP contribution is 2.34. The Morgan fingerprint density at radius 2 is 1.43 bits per heavy atom. The standard InChI is InChI=1S/C37H35N5OS/c1-24(2)31-18-11-19-32(25(3)4)35(31)42-22-33-26-12-9-16-29(20-26)43-34-23-41(27-13-7-6-8-14-27)36(39-34)40(5)28-15-10-17-30(21-28)44-37(42)38-33/h6-25H,1-5H3. The first kappa shape index (κ1) is 27.9. The minimum atomic E-state index is 0.357. The molecular weight excluding hydrogens is 563 g/mol. The maximum Gasteiger partial charge on any atom is 0.239 e. The van der Waals surface area contributed by atoms with Gasteiger partial charge in [0, 0.05) is 34.5 Å². The highest BCUT2D eigenvalue weighted by Gasteiger charge is 2.18. The van der Waals surface area contributed by atoms with Crippen LogP contribution in [0.15, 0.2) is 114 Å². The summed E-state index contributed by atoms with van der Waals surface area (Å²) in [6.07, 6.45) is 4.13. The van der Waals surface area contributed by atoms with Crippen LogP contribution in [-0.2, 0) is 7.05 Å². The number of para-hydroxylation sites is 2.